The number of anilines is 1. The summed E-state index contributed by atoms with van der Waals surface area (Å²) >= 11 is 1.30. The summed E-state index contributed by atoms with van der Waals surface area (Å²) in [5.41, 5.74) is 0. The molecule has 1 aliphatic heterocycles. The van der Waals surface area contributed by atoms with Crippen molar-refractivity contribution in [3.63, 3.8) is 0 Å². The lowest BCUT2D eigenvalue weighted by Crippen LogP contribution is -2.32. The van der Waals surface area contributed by atoms with E-state index in [4.69, 9.17) is 4.74 Å². The van der Waals surface area contributed by atoms with Crippen molar-refractivity contribution in [2.24, 2.45) is 5.92 Å². The van der Waals surface area contributed by atoms with Gasteiger partial charge in [-0.1, -0.05) is 18.3 Å². The SMILES string of the molecule is CCCNc1nnc(C(=O)NCC2CCOCC2)s1. The van der Waals surface area contributed by atoms with Gasteiger partial charge in [-0.15, -0.1) is 10.2 Å². The number of carbonyl (C=O) groups is 1. The van der Waals surface area contributed by atoms with Crippen LogP contribution in [0.1, 0.15) is 36.0 Å². The minimum Gasteiger partial charge on any atom is -0.381 e. The molecule has 2 heterocycles. The highest BCUT2D eigenvalue weighted by Crippen LogP contribution is 2.16. The van der Waals surface area contributed by atoms with Crippen LogP contribution in [0.2, 0.25) is 0 Å². The fraction of sp³-hybridized carbons (Fsp3) is 0.750. The van der Waals surface area contributed by atoms with Gasteiger partial charge in [-0.25, -0.2) is 0 Å². The molecular weight excluding hydrogens is 264 g/mol. The Bertz CT molecular complexity index is 404. The van der Waals surface area contributed by atoms with E-state index in [1.54, 1.807) is 0 Å². The molecular formula is C12H20N4O2S. The Morgan fingerprint density at radius 2 is 2.21 bits per heavy atom. The molecule has 2 rings (SSSR count). The molecule has 7 heteroatoms. The zero-order chi connectivity index (χ0) is 13.5. The van der Waals surface area contributed by atoms with Gasteiger partial charge in [0, 0.05) is 26.3 Å². The summed E-state index contributed by atoms with van der Waals surface area (Å²) in [7, 11) is 0. The molecule has 0 aromatic carbocycles. The molecule has 6 nitrogen and oxygen atoms in total. The van der Waals surface area contributed by atoms with Crippen LogP contribution in [-0.2, 0) is 4.74 Å². The van der Waals surface area contributed by atoms with Gasteiger partial charge in [-0.3, -0.25) is 4.79 Å². The Balaban J connectivity index is 1.77. The Labute approximate surface area is 116 Å². The highest BCUT2D eigenvalue weighted by molar-refractivity contribution is 7.17. The third-order valence-electron chi connectivity index (χ3n) is 3.04. The van der Waals surface area contributed by atoms with Crippen molar-refractivity contribution in [3.05, 3.63) is 5.01 Å². The van der Waals surface area contributed by atoms with Gasteiger partial charge >= 0.3 is 0 Å². The van der Waals surface area contributed by atoms with Crippen molar-refractivity contribution in [2.45, 2.75) is 26.2 Å². The van der Waals surface area contributed by atoms with Gasteiger partial charge in [-0.05, 0) is 25.2 Å². The molecule has 1 aromatic rings. The lowest BCUT2D eigenvalue weighted by atomic mass is 10.0. The van der Waals surface area contributed by atoms with Crippen LogP contribution in [0, 0.1) is 5.92 Å². The van der Waals surface area contributed by atoms with Gasteiger partial charge in [-0.2, -0.15) is 0 Å². The van der Waals surface area contributed by atoms with Crippen LogP contribution in [0.4, 0.5) is 5.13 Å². The normalized spacial score (nSPS) is 16.3. The first kappa shape index (κ1) is 14.2. The molecule has 0 atom stereocenters. The first-order valence-electron chi connectivity index (χ1n) is 6.73. The Hall–Kier alpha value is -1.21. The lowest BCUT2D eigenvalue weighted by Gasteiger charge is -2.21. The van der Waals surface area contributed by atoms with Crippen molar-refractivity contribution >= 4 is 22.4 Å². The second-order valence-electron chi connectivity index (χ2n) is 4.60. The third kappa shape index (κ3) is 4.43. The van der Waals surface area contributed by atoms with Crippen molar-refractivity contribution in [3.8, 4) is 0 Å². The molecule has 106 valence electrons. The minimum absolute atomic E-state index is 0.131. The topological polar surface area (TPSA) is 76.1 Å². The second-order valence-corrected chi connectivity index (χ2v) is 5.58. The van der Waals surface area contributed by atoms with Crippen LogP contribution >= 0.6 is 11.3 Å². The molecule has 0 aliphatic carbocycles. The van der Waals surface area contributed by atoms with Crippen LogP contribution in [0.25, 0.3) is 0 Å². The van der Waals surface area contributed by atoms with Crippen LogP contribution in [-0.4, -0.2) is 42.4 Å². The van der Waals surface area contributed by atoms with E-state index in [9.17, 15) is 4.79 Å². The maximum absolute atomic E-state index is 11.9. The number of ether oxygens (including phenoxy) is 1. The number of nitrogens with one attached hydrogen (secondary N) is 2. The van der Waals surface area contributed by atoms with Crippen molar-refractivity contribution in [1.29, 1.82) is 0 Å². The highest BCUT2D eigenvalue weighted by Gasteiger charge is 2.17. The molecule has 0 radical (unpaired) electrons. The molecule has 0 spiro atoms. The largest absolute Gasteiger partial charge is 0.381 e. The maximum atomic E-state index is 11.9. The highest BCUT2D eigenvalue weighted by atomic mass is 32.1. The quantitative estimate of drug-likeness (QED) is 0.828. The van der Waals surface area contributed by atoms with Gasteiger partial charge in [0.2, 0.25) is 10.1 Å². The molecule has 0 unspecified atom stereocenters. The van der Waals surface area contributed by atoms with Gasteiger partial charge in [0.25, 0.3) is 5.91 Å². The van der Waals surface area contributed by atoms with E-state index in [0.717, 1.165) is 39.0 Å². The molecule has 19 heavy (non-hydrogen) atoms. The summed E-state index contributed by atoms with van der Waals surface area (Å²) in [4.78, 5) is 11.9. The zero-order valence-corrected chi connectivity index (χ0v) is 12.0. The van der Waals surface area contributed by atoms with E-state index in [2.05, 4.69) is 27.8 Å². The van der Waals surface area contributed by atoms with Crippen molar-refractivity contribution in [1.82, 2.24) is 15.5 Å². The zero-order valence-electron chi connectivity index (χ0n) is 11.1. The number of rotatable bonds is 6. The molecule has 1 amide bonds. The summed E-state index contributed by atoms with van der Waals surface area (Å²) in [5.74, 6) is 0.386. The van der Waals surface area contributed by atoms with Crippen molar-refractivity contribution < 1.29 is 9.53 Å². The number of nitrogens with zero attached hydrogens (tertiary/aromatic N) is 2. The molecule has 1 aromatic heterocycles. The van der Waals surface area contributed by atoms with E-state index < -0.39 is 0 Å². The third-order valence-corrected chi connectivity index (χ3v) is 3.92. The molecule has 0 bridgehead atoms. The predicted octanol–water partition coefficient (Wildman–Crippen LogP) is 1.52. The molecule has 2 N–H and O–H groups in total. The monoisotopic (exact) mass is 284 g/mol. The molecule has 1 aliphatic rings. The Morgan fingerprint density at radius 1 is 1.42 bits per heavy atom. The molecule has 1 fully saturated rings. The van der Waals surface area contributed by atoms with Gasteiger partial charge < -0.3 is 15.4 Å². The Kier molecular flexibility index (Phi) is 5.53. The van der Waals surface area contributed by atoms with E-state index in [0.29, 0.717) is 22.6 Å². The average Bonchev–Trinajstić information content (AvgIpc) is 2.92. The predicted molar refractivity (Wildman–Crippen MR) is 74.6 cm³/mol. The van der Waals surface area contributed by atoms with E-state index >= 15 is 0 Å². The summed E-state index contributed by atoms with van der Waals surface area (Å²) in [6.07, 6.45) is 3.05. The molecule has 1 saturated heterocycles. The van der Waals surface area contributed by atoms with Gasteiger partial charge in [0.15, 0.2) is 0 Å². The summed E-state index contributed by atoms with van der Waals surface area (Å²) in [6, 6.07) is 0. The number of aromatic nitrogens is 2. The minimum atomic E-state index is -0.131. The second kappa shape index (κ2) is 7.40. The van der Waals surface area contributed by atoms with Crippen LogP contribution in [0.3, 0.4) is 0 Å². The first-order chi connectivity index (χ1) is 9.29. The van der Waals surface area contributed by atoms with E-state index in [-0.39, 0.29) is 5.91 Å². The van der Waals surface area contributed by atoms with E-state index in [1.165, 1.54) is 11.3 Å². The standard InChI is InChI=1S/C12H20N4O2S/c1-2-5-13-12-16-15-11(19-12)10(17)14-8-9-3-6-18-7-4-9/h9H,2-8H2,1H3,(H,13,16)(H,14,17). The fourth-order valence-corrected chi connectivity index (χ4v) is 2.57. The maximum Gasteiger partial charge on any atom is 0.282 e. The summed E-state index contributed by atoms with van der Waals surface area (Å²) in [5, 5.41) is 15.0. The number of hydrogen-bond donors (Lipinski definition) is 2. The first-order valence-corrected chi connectivity index (χ1v) is 7.54. The average molecular weight is 284 g/mol. The number of hydrogen-bond acceptors (Lipinski definition) is 6. The number of carbonyl (C=O) groups excluding carboxylic acids is 1. The lowest BCUT2D eigenvalue weighted by molar-refractivity contribution is 0.0642. The van der Waals surface area contributed by atoms with Crippen LogP contribution in [0.15, 0.2) is 0 Å². The van der Waals surface area contributed by atoms with Crippen LogP contribution < -0.4 is 10.6 Å². The van der Waals surface area contributed by atoms with E-state index in [1.807, 2.05) is 0 Å². The Morgan fingerprint density at radius 3 is 2.95 bits per heavy atom. The molecule has 0 saturated carbocycles. The van der Waals surface area contributed by atoms with Crippen molar-refractivity contribution in [2.75, 3.05) is 31.6 Å². The van der Waals surface area contributed by atoms with Gasteiger partial charge in [0.05, 0.1) is 0 Å². The summed E-state index contributed by atoms with van der Waals surface area (Å²) < 4.78 is 5.29. The fourth-order valence-electron chi connectivity index (χ4n) is 1.88. The smallest absolute Gasteiger partial charge is 0.282 e. The van der Waals surface area contributed by atoms with Gasteiger partial charge in [0.1, 0.15) is 0 Å². The summed E-state index contributed by atoms with van der Waals surface area (Å²) in [6.45, 7) is 5.21. The number of amides is 1. The van der Waals surface area contributed by atoms with Crippen LogP contribution in [0.5, 0.6) is 0 Å².